The second kappa shape index (κ2) is 11.2. The first kappa shape index (κ1) is 24.5. The second-order valence-electron chi connectivity index (χ2n) is 9.69. The van der Waals surface area contributed by atoms with Crippen LogP contribution in [0.5, 0.6) is 11.5 Å². The number of nitrogens with zero attached hydrogens (tertiary/aromatic N) is 3. The van der Waals surface area contributed by atoms with Crippen LogP contribution in [-0.2, 0) is 19.4 Å². The summed E-state index contributed by atoms with van der Waals surface area (Å²) in [6.07, 6.45) is 9.00. The summed E-state index contributed by atoms with van der Waals surface area (Å²) in [7, 11) is 7.20. The van der Waals surface area contributed by atoms with Gasteiger partial charge >= 0.3 is 0 Å². The highest BCUT2D eigenvalue weighted by Gasteiger charge is 2.24. The van der Waals surface area contributed by atoms with Crippen molar-refractivity contribution in [3.63, 3.8) is 0 Å². The molecule has 0 spiro atoms. The number of benzene rings is 1. The van der Waals surface area contributed by atoms with Crippen molar-refractivity contribution in [3.05, 3.63) is 34.8 Å². The molecule has 0 amide bonds. The first-order chi connectivity index (χ1) is 16.5. The van der Waals surface area contributed by atoms with Gasteiger partial charge in [0.25, 0.3) is 0 Å². The molecule has 2 aliphatic rings. The average Bonchev–Trinajstić information content (AvgIpc) is 2.85. The van der Waals surface area contributed by atoms with Crippen LogP contribution in [0.4, 0.5) is 16.2 Å². The van der Waals surface area contributed by atoms with Gasteiger partial charge in [-0.2, -0.15) is 4.98 Å². The Kier molecular flexibility index (Phi) is 8.08. The van der Waals surface area contributed by atoms with Crippen LogP contribution in [0.2, 0.25) is 0 Å². The number of nitrogens with one attached hydrogen (secondary N) is 2. The SMILES string of the molecule is COc1cc(F)c(CNC[C@H]2CC[C@@H](Nc3nc4c(c(N(C)C)n3)CCCC4)CC2)cc1OC. The molecular weight excluding hydrogens is 433 g/mol. The van der Waals surface area contributed by atoms with E-state index in [1.165, 1.54) is 37.3 Å². The zero-order valence-electron chi connectivity index (χ0n) is 20.9. The standard InChI is InChI=1S/C26H38FN5O2/c1-32(2)25-20-7-5-6-8-22(20)30-26(31-25)29-19-11-9-17(10-12-19)15-28-16-18-13-23(33-3)24(34-4)14-21(18)27/h13-14,17,19,28H,5-12,15-16H2,1-4H3,(H,29,30,31)/t17-,19+. The molecule has 4 rings (SSSR count). The predicted molar refractivity (Wildman–Crippen MR) is 134 cm³/mol. The van der Waals surface area contributed by atoms with Gasteiger partial charge in [-0.25, -0.2) is 9.37 Å². The molecule has 1 heterocycles. The fraction of sp³-hybridized carbons (Fsp3) is 0.615. The van der Waals surface area contributed by atoms with E-state index in [1.54, 1.807) is 13.2 Å². The van der Waals surface area contributed by atoms with Gasteiger partial charge in [-0.05, 0) is 69.9 Å². The molecular formula is C26H38FN5O2. The van der Waals surface area contributed by atoms with E-state index in [1.807, 2.05) is 0 Å². The lowest BCUT2D eigenvalue weighted by Crippen LogP contribution is -2.32. The summed E-state index contributed by atoms with van der Waals surface area (Å²) in [5.41, 5.74) is 3.13. The molecule has 0 unspecified atom stereocenters. The molecule has 1 aromatic heterocycles. The molecule has 0 bridgehead atoms. The number of anilines is 2. The van der Waals surface area contributed by atoms with Crippen LogP contribution in [-0.4, -0.2) is 50.9 Å². The first-order valence-corrected chi connectivity index (χ1v) is 12.4. The van der Waals surface area contributed by atoms with E-state index in [9.17, 15) is 4.39 Å². The number of fused-ring (bicyclic) bond motifs is 1. The highest BCUT2D eigenvalue weighted by Crippen LogP contribution is 2.31. The molecule has 0 saturated heterocycles. The van der Waals surface area contributed by atoms with E-state index >= 15 is 0 Å². The quantitative estimate of drug-likeness (QED) is 0.564. The number of ether oxygens (including phenoxy) is 2. The summed E-state index contributed by atoms with van der Waals surface area (Å²) in [6, 6.07) is 3.50. The summed E-state index contributed by atoms with van der Waals surface area (Å²) >= 11 is 0. The molecule has 7 nitrogen and oxygen atoms in total. The fourth-order valence-electron chi connectivity index (χ4n) is 5.14. The number of methoxy groups -OCH3 is 2. The number of hydrogen-bond donors (Lipinski definition) is 2. The van der Waals surface area contributed by atoms with E-state index < -0.39 is 0 Å². The highest BCUT2D eigenvalue weighted by molar-refractivity contribution is 5.53. The molecule has 0 aliphatic heterocycles. The van der Waals surface area contributed by atoms with E-state index in [4.69, 9.17) is 19.4 Å². The summed E-state index contributed by atoms with van der Waals surface area (Å²) in [5, 5.41) is 7.05. The maximum absolute atomic E-state index is 14.4. The summed E-state index contributed by atoms with van der Waals surface area (Å²) in [4.78, 5) is 11.8. The van der Waals surface area contributed by atoms with Crippen molar-refractivity contribution in [2.75, 3.05) is 45.1 Å². The molecule has 1 saturated carbocycles. The normalized spacial score (nSPS) is 19.9. The van der Waals surface area contributed by atoms with Gasteiger partial charge in [0.1, 0.15) is 11.6 Å². The van der Waals surface area contributed by atoms with Crippen LogP contribution in [0.3, 0.4) is 0 Å². The highest BCUT2D eigenvalue weighted by atomic mass is 19.1. The lowest BCUT2D eigenvalue weighted by atomic mass is 9.86. The Balaban J connectivity index is 1.27. The van der Waals surface area contributed by atoms with Crippen LogP contribution in [0.25, 0.3) is 0 Å². The molecule has 2 aromatic rings. The van der Waals surface area contributed by atoms with Crippen molar-refractivity contribution < 1.29 is 13.9 Å². The van der Waals surface area contributed by atoms with E-state index in [2.05, 4.69) is 29.6 Å². The number of aromatic nitrogens is 2. The third-order valence-corrected chi connectivity index (χ3v) is 7.07. The van der Waals surface area contributed by atoms with Crippen molar-refractivity contribution in [2.24, 2.45) is 5.92 Å². The summed E-state index contributed by atoms with van der Waals surface area (Å²) in [5.74, 6) is 3.11. The number of rotatable bonds is 9. The van der Waals surface area contributed by atoms with Gasteiger partial charge in [0.2, 0.25) is 5.95 Å². The lowest BCUT2D eigenvalue weighted by molar-refractivity contribution is 0.322. The zero-order chi connectivity index (χ0) is 24.1. The van der Waals surface area contributed by atoms with Gasteiger partial charge < -0.3 is 25.0 Å². The van der Waals surface area contributed by atoms with Crippen LogP contribution in [0, 0.1) is 11.7 Å². The van der Waals surface area contributed by atoms with Crippen molar-refractivity contribution in [1.82, 2.24) is 15.3 Å². The first-order valence-electron chi connectivity index (χ1n) is 12.4. The molecule has 2 N–H and O–H groups in total. The summed E-state index contributed by atoms with van der Waals surface area (Å²) in [6.45, 7) is 1.35. The van der Waals surface area contributed by atoms with Gasteiger partial charge in [0.15, 0.2) is 11.5 Å². The third-order valence-electron chi connectivity index (χ3n) is 7.07. The topological polar surface area (TPSA) is 71.5 Å². The van der Waals surface area contributed by atoms with Gasteiger partial charge in [0.05, 0.1) is 19.9 Å². The van der Waals surface area contributed by atoms with Gasteiger partial charge in [-0.1, -0.05) is 0 Å². The van der Waals surface area contributed by atoms with E-state index in [0.29, 0.717) is 35.6 Å². The van der Waals surface area contributed by atoms with Crippen molar-refractivity contribution in [2.45, 2.75) is 64.0 Å². The Hall–Kier alpha value is -2.61. The smallest absolute Gasteiger partial charge is 0.225 e. The predicted octanol–water partition coefficient (Wildman–Crippen LogP) is 4.34. The molecule has 2 aliphatic carbocycles. The Morgan fingerprint density at radius 1 is 1.00 bits per heavy atom. The van der Waals surface area contributed by atoms with Gasteiger partial charge in [-0.15, -0.1) is 0 Å². The van der Waals surface area contributed by atoms with Crippen LogP contribution < -0.4 is 25.0 Å². The van der Waals surface area contributed by atoms with Crippen LogP contribution in [0.15, 0.2) is 12.1 Å². The minimum Gasteiger partial charge on any atom is -0.493 e. The zero-order valence-corrected chi connectivity index (χ0v) is 20.9. The van der Waals surface area contributed by atoms with Gasteiger partial charge in [-0.3, -0.25) is 0 Å². The number of aryl methyl sites for hydroxylation is 1. The largest absolute Gasteiger partial charge is 0.493 e. The number of halogens is 1. The molecule has 0 radical (unpaired) electrons. The van der Waals surface area contributed by atoms with Crippen molar-refractivity contribution in [1.29, 1.82) is 0 Å². The van der Waals surface area contributed by atoms with Crippen molar-refractivity contribution >= 4 is 11.8 Å². The maximum atomic E-state index is 14.4. The van der Waals surface area contributed by atoms with Crippen molar-refractivity contribution in [3.8, 4) is 11.5 Å². The van der Waals surface area contributed by atoms with Gasteiger partial charge in [0, 0.05) is 43.9 Å². The van der Waals surface area contributed by atoms with Crippen LogP contribution >= 0.6 is 0 Å². The Labute approximate surface area is 202 Å². The average molecular weight is 472 g/mol. The molecule has 8 heteroatoms. The molecule has 186 valence electrons. The Bertz CT molecular complexity index is 976. The number of hydrogen-bond acceptors (Lipinski definition) is 7. The molecule has 1 fully saturated rings. The van der Waals surface area contributed by atoms with Crippen LogP contribution in [0.1, 0.15) is 55.3 Å². The lowest BCUT2D eigenvalue weighted by Gasteiger charge is -2.30. The minimum atomic E-state index is -0.278. The van der Waals surface area contributed by atoms with E-state index in [0.717, 1.165) is 56.8 Å². The molecule has 0 atom stereocenters. The molecule has 1 aromatic carbocycles. The Morgan fingerprint density at radius 2 is 1.71 bits per heavy atom. The fourth-order valence-corrected chi connectivity index (χ4v) is 5.14. The minimum absolute atomic E-state index is 0.278. The monoisotopic (exact) mass is 471 g/mol. The molecule has 34 heavy (non-hydrogen) atoms. The second-order valence-corrected chi connectivity index (χ2v) is 9.69. The third kappa shape index (κ3) is 5.71. The summed E-state index contributed by atoms with van der Waals surface area (Å²) < 4.78 is 24.8. The Morgan fingerprint density at radius 3 is 2.41 bits per heavy atom. The van der Waals surface area contributed by atoms with E-state index in [-0.39, 0.29) is 5.82 Å². The maximum Gasteiger partial charge on any atom is 0.225 e.